The Morgan fingerprint density at radius 1 is 1.43 bits per heavy atom. The number of hydrogen-bond donors (Lipinski definition) is 1. The van der Waals surface area contributed by atoms with E-state index < -0.39 is 0 Å². The molecule has 0 saturated carbocycles. The van der Waals surface area contributed by atoms with E-state index in [0.29, 0.717) is 29.2 Å². The van der Waals surface area contributed by atoms with Crippen LogP contribution in [0.2, 0.25) is 0 Å². The molecule has 0 aromatic heterocycles. The van der Waals surface area contributed by atoms with Crippen LogP contribution in [0.5, 0.6) is 17.2 Å². The maximum Gasteiger partial charge on any atom is 0.179 e. The first-order chi connectivity index (χ1) is 6.74. The lowest BCUT2D eigenvalue weighted by Gasteiger charge is -2.21. The van der Waals surface area contributed by atoms with Crippen LogP contribution < -0.4 is 9.47 Å². The SMILES string of the molecule is CCc1cc2c(c(Br)c1O)OCCO2. The lowest BCUT2D eigenvalue weighted by atomic mass is 10.1. The molecular formula is C10H11BrO3. The maximum absolute atomic E-state index is 9.77. The largest absolute Gasteiger partial charge is 0.506 e. The Morgan fingerprint density at radius 2 is 2.14 bits per heavy atom. The highest BCUT2D eigenvalue weighted by Crippen LogP contribution is 2.45. The predicted molar refractivity (Wildman–Crippen MR) is 56.2 cm³/mol. The van der Waals surface area contributed by atoms with Crippen LogP contribution in [-0.4, -0.2) is 18.3 Å². The zero-order valence-electron chi connectivity index (χ0n) is 7.84. The van der Waals surface area contributed by atoms with Crippen molar-refractivity contribution in [3.8, 4) is 17.2 Å². The van der Waals surface area contributed by atoms with Gasteiger partial charge in [-0.25, -0.2) is 0 Å². The van der Waals surface area contributed by atoms with Crippen molar-refractivity contribution in [3.05, 3.63) is 16.1 Å². The monoisotopic (exact) mass is 258 g/mol. The fourth-order valence-electron chi connectivity index (χ4n) is 1.46. The van der Waals surface area contributed by atoms with Crippen molar-refractivity contribution in [2.75, 3.05) is 13.2 Å². The maximum atomic E-state index is 9.77. The van der Waals surface area contributed by atoms with E-state index in [9.17, 15) is 5.11 Å². The van der Waals surface area contributed by atoms with Gasteiger partial charge < -0.3 is 14.6 Å². The molecule has 0 saturated heterocycles. The van der Waals surface area contributed by atoms with Crippen molar-refractivity contribution in [3.63, 3.8) is 0 Å². The third-order valence-corrected chi connectivity index (χ3v) is 2.94. The Hall–Kier alpha value is -0.900. The van der Waals surface area contributed by atoms with E-state index in [1.54, 1.807) is 0 Å². The molecule has 0 spiro atoms. The van der Waals surface area contributed by atoms with Crippen molar-refractivity contribution >= 4 is 15.9 Å². The summed E-state index contributed by atoms with van der Waals surface area (Å²) >= 11 is 3.30. The highest BCUT2D eigenvalue weighted by molar-refractivity contribution is 9.10. The molecule has 0 bridgehead atoms. The highest BCUT2D eigenvalue weighted by Gasteiger charge is 2.20. The molecule has 1 N–H and O–H groups in total. The number of phenolic OH excluding ortho intramolecular Hbond substituents is 1. The van der Waals surface area contributed by atoms with Gasteiger partial charge in [-0.2, -0.15) is 0 Å². The summed E-state index contributed by atoms with van der Waals surface area (Å²) < 4.78 is 11.4. The molecular weight excluding hydrogens is 248 g/mol. The molecule has 0 unspecified atom stereocenters. The molecule has 1 aliphatic rings. The van der Waals surface area contributed by atoms with Crippen LogP contribution in [0.1, 0.15) is 12.5 Å². The standard InChI is InChI=1S/C10H11BrO3/c1-2-6-5-7-10(8(11)9(6)12)14-4-3-13-7/h5,12H,2-4H2,1H3. The third-order valence-electron chi connectivity index (χ3n) is 2.21. The van der Waals surface area contributed by atoms with Crippen molar-refractivity contribution in [1.82, 2.24) is 0 Å². The van der Waals surface area contributed by atoms with Gasteiger partial charge in [0.05, 0.1) is 0 Å². The van der Waals surface area contributed by atoms with Gasteiger partial charge in [0.1, 0.15) is 23.4 Å². The molecule has 14 heavy (non-hydrogen) atoms. The van der Waals surface area contributed by atoms with Crippen LogP contribution in [0.15, 0.2) is 10.5 Å². The van der Waals surface area contributed by atoms with Gasteiger partial charge in [-0.3, -0.25) is 0 Å². The Bertz CT molecular complexity index is 363. The number of hydrogen-bond acceptors (Lipinski definition) is 3. The first kappa shape index (κ1) is 9.65. The molecule has 0 amide bonds. The lowest BCUT2D eigenvalue weighted by Crippen LogP contribution is -2.16. The number of halogens is 1. The van der Waals surface area contributed by atoms with Crippen LogP contribution >= 0.6 is 15.9 Å². The van der Waals surface area contributed by atoms with Crippen LogP contribution in [0.25, 0.3) is 0 Å². The predicted octanol–water partition coefficient (Wildman–Crippen LogP) is 2.49. The van der Waals surface area contributed by atoms with Gasteiger partial charge in [-0.1, -0.05) is 6.92 Å². The quantitative estimate of drug-likeness (QED) is 0.842. The van der Waals surface area contributed by atoms with Gasteiger partial charge in [0, 0.05) is 0 Å². The second kappa shape index (κ2) is 3.69. The van der Waals surface area contributed by atoms with Gasteiger partial charge >= 0.3 is 0 Å². The summed E-state index contributed by atoms with van der Waals surface area (Å²) in [6.45, 7) is 3.07. The average molecular weight is 259 g/mol. The fourth-order valence-corrected chi connectivity index (χ4v) is 2.02. The highest BCUT2D eigenvalue weighted by atomic mass is 79.9. The Kier molecular flexibility index (Phi) is 2.54. The molecule has 1 heterocycles. The Morgan fingerprint density at radius 3 is 2.86 bits per heavy atom. The summed E-state index contributed by atoms with van der Waals surface area (Å²) in [7, 11) is 0. The molecule has 76 valence electrons. The van der Waals surface area contributed by atoms with E-state index in [-0.39, 0.29) is 5.75 Å². The van der Waals surface area contributed by atoms with Gasteiger partial charge in [0.25, 0.3) is 0 Å². The Balaban J connectivity index is 2.57. The molecule has 0 aliphatic carbocycles. The van der Waals surface area contributed by atoms with Crippen LogP contribution in [0.3, 0.4) is 0 Å². The second-order valence-electron chi connectivity index (χ2n) is 3.08. The molecule has 0 radical (unpaired) electrons. The van der Waals surface area contributed by atoms with E-state index in [1.807, 2.05) is 13.0 Å². The zero-order chi connectivity index (χ0) is 10.1. The summed E-state index contributed by atoms with van der Waals surface area (Å²) in [6.07, 6.45) is 0.765. The fraction of sp³-hybridized carbons (Fsp3) is 0.400. The van der Waals surface area contributed by atoms with E-state index in [2.05, 4.69) is 15.9 Å². The average Bonchev–Trinajstić information content (AvgIpc) is 2.23. The number of benzene rings is 1. The minimum Gasteiger partial charge on any atom is -0.506 e. The number of ether oxygens (including phenoxy) is 2. The van der Waals surface area contributed by atoms with Crippen molar-refractivity contribution in [1.29, 1.82) is 0 Å². The molecule has 1 aliphatic heterocycles. The summed E-state index contributed by atoms with van der Waals surface area (Å²) in [5.41, 5.74) is 0.862. The van der Waals surface area contributed by atoms with Crippen LogP contribution in [0, 0.1) is 0 Å². The first-order valence-electron chi connectivity index (χ1n) is 4.54. The molecule has 3 nitrogen and oxygen atoms in total. The molecule has 0 fully saturated rings. The number of phenols is 1. The van der Waals surface area contributed by atoms with Crippen molar-refractivity contribution in [2.45, 2.75) is 13.3 Å². The normalized spacial score (nSPS) is 14.1. The summed E-state index contributed by atoms with van der Waals surface area (Å²) in [4.78, 5) is 0. The van der Waals surface area contributed by atoms with E-state index in [1.165, 1.54) is 0 Å². The van der Waals surface area contributed by atoms with Crippen LogP contribution in [0.4, 0.5) is 0 Å². The van der Waals surface area contributed by atoms with Crippen LogP contribution in [-0.2, 0) is 6.42 Å². The lowest BCUT2D eigenvalue weighted by molar-refractivity contribution is 0.169. The topological polar surface area (TPSA) is 38.7 Å². The number of fused-ring (bicyclic) bond motifs is 1. The van der Waals surface area contributed by atoms with Crippen molar-refractivity contribution < 1.29 is 14.6 Å². The summed E-state index contributed by atoms with van der Waals surface area (Å²) in [5.74, 6) is 1.56. The Labute approximate surface area is 90.8 Å². The van der Waals surface area contributed by atoms with Gasteiger partial charge in [0.2, 0.25) is 0 Å². The van der Waals surface area contributed by atoms with Gasteiger partial charge in [-0.15, -0.1) is 0 Å². The van der Waals surface area contributed by atoms with Crippen molar-refractivity contribution in [2.24, 2.45) is 0 Å². The minimum atomic E-state index is 0.247. The molecule has 0 atom stereocenters. The van der Waals surface area contributed by atoms with Gasteiger partial charge in [0.15, 0.2) is 11.5 Å². The van der Waals surface area contributed by atoms with E-state index >= 15 is 0 Å². The first-order valence-corrected chi connectivity index (χ1v) is 5.33. The number of rotatable bonds is 1. The third kappa shape index (κ3) is 1.43. The summed E-state index contributed by atoms with van der Waals surface area (Å²) in [5, 5.41) is 9.77. The zero-order valence-corrected chi connectivity index (χ0v) is 9.43. The summed E-state index contributed by atoms with van der Waals surface area (Å²) in [6, 6.07) is 1.83. The minimum absolute atomic E-state index is 0.247. The van der Waals surface area contributed by atoms with E-state index in [0.717, 1.165) is 12.0 Å². The molecule has 4 heteroatoms. The number of aromatic hydroxyl groups is 1. The van der Waals surface area contributed by atoms with Gasteiger partial charge in [-0.05, 0) is 34.0 Å². The molecule has 1 aromatic carbocycles. The number of aryl methyl sites for hydroxylation is 1. The molecule has 2 rings (SSSR count). The molecule has 1 aromatic rings. The van der Waals surface area contributed by atoms with E-state index in [4.69, 9.17) is 9.47 Å². The second-order valence-corrected chi connectivity index (χ2v) is 3.87. The smallest absolute Gasteiger partial charge is 0.179 e.